The number of halogens is 2. The molecule has 2 rings (SSSR count). The van der Waals surface area contributed by atoms with Crippen LogP contribution < -0.4 is 0 Å². The third-order valence-electron chi connectivity index (χ3n) is 2.23. The second kappa shape index (κ2) is 4.69. The molecule has 0 fully saturated rings. The Morgan fingerprint density at radius 2 is 1.50 bits per heavy atom. The van der Waals surface area contributed by atoms with Gasteiger partial charge < -0.3 is 0 Å². The SMILES string of the molecule is O=Cc1cc(Cl)cc(-c2ccc(Cl)cc2)c1. The molecule has 1 nitrogen and oxygen atoms in total. The molecule has 80 valence electrons. The lowest BCUT2D eigenvalue weighted by Gasteiger charge is -2.03. The van der Waals surface area contributed by atoms with Crippen LogP contribution in [0, 0.1) is 0 Å². The quantitative estimate of drug-likeness (QED) is 0.719. The van der Waals surface area contributed by atoms with E-state index in [1.165, 1.54) is 0 Å². The maximum Gasteiger partial charge on any atom is 0.150 e. The molecule has 2 aromatic rings. The van der Waals surface area contributed by atoms with Crippen molar-refractivity contribution in [2.75, 3.05) is 0 Å². The molecule has 0 saturated heterocycles. The van der Waals surface area contributed by atoms with E-state index in [0.717, 1.165) is 17.4 Å². The fourth-order valence-electron chi connectivity index (χ4n) is 1.49. The zero-order valence-electron chi connectivity index (χ0n) is 8.28. The summed E-state index contributed by atoms with van der Waals surface area (Å²) < 4.78 is 0. The predicted molar refractivity (Wildman–Crippen MR) is 67.3 cm³/mol. The van der Waals surface area contributed by atoms with Crippen molar-refractivity contribution in [1.29, 1.82) is 0 Å². The number of benzene rings is 2. The van der Waals surface area contributed by atoms with Crippen molar-refractivity contribution in [2.24, 2.45) is 0 Å². The molecule has 0 spiro atoms. The smallest absolute Gasteiger partial charge is 0.150 e. The van der Waals surface area contributed by atoms with Crippen LogP contribution in [0.3, 0.4) is 0 Å². The Labute approximate surface area is 104 Å². The average molecular weight is 251 g/mol. The Kier molecular flexibility index (Phi) is 3.28. The summed E-state index contributed by atoms with van der Waals surface area (Å²) >= 11 is 11.7. The van der Waals surface area contributed by atoms with Gasteiger partial charge in [-0.2, -0.15) is 0 Å². The zero-order chi connectivity index (χ0) is 11.5. The third-order valence-corrected chi connectivity index (χ3v) is 2.70. The first kappa shape index (κ1) is 11.2. The highest BCUT2D eigenvalue weighted by atomic mass is 35.5. The van der Waals surface area contributed by atoms with E-state index in [4.69, 9.17) is 23.2 Å². The van der Waals surface area contributed by atoms with Gasteiger partial charge >= 0.3 is 0 Å². The van der Waals surface area contributed by atoms with E-state index < -0.39 is 0 Å². The summed E-state index contributed by atoms with van der Waals surface area (Å²) in [6.07, 6.45) is 0.783. The molecule has 0 bridgehead atoms. The largest absolute Gasteiger partial charge is 0.298 e. The van der Waals surface area contributed by atoms with Crippen LogP contribution in [0.5, 0.6) is 0 Å². The topological polar surface area (TPSA) is 17.1 Å². The van der Waals surface area contributed by atoms with Gasteiger partial charge in [-0.15, -0.1) is 0 Å². The molecule has 16 heavy (non-hydrogen) atoms. The average Bonchev–Trinajstić information content (AvgIpc) is 2.29. The number of carbonyl (C=O) groups is 1. The molecule has 0 unspecified atom stereocenters. The molecular formula is C13H8Cl2O. The van der Waals surface area contributed by atoms with Gasteiger partial charge in [0.2, 0.25) is 0 Å². The monoisotopic (exact) mass is 250 g/mol. The molecule has 0 atom stereocenters. The van der Waals surface area contributed by atoms with E-state index in [2.05, 4.69) is 0 Å². The fraction of sp³-hybridized carbons (Fsp3) is 0. The summed E-state index contributed by atoms with van der Waals surface area (Å²) in [5.74, 6) is 0. The normalized spacial score (nSPS) is 10.1. The molecule has 0 saturated carbocycles. The summed E-state index contributed by atoms with van der Waals surface area (Å²) in [6, 6.07) is 12.6. The van der Waals surface area contributed by atoms with Crippen molar-refractivity contribution in [3.05, 3.63) is 58.1 Å². The second-order valence-corrected chi connectivity index (χ2v) is 4.27. The Morgan fingerprint density at radius 3 is 2.12 bits per heavy atom. The van der Waals surface area contributed by atoms with Gasteiger partial charge in [-0.3, -0.25) is 4.79 Å². The number of hydrogen-bond donors (Lipinski definition) is 0. The van der Waals surface area contributed by atoms with Gasteiger partial charge in [-0.05, 0) is 41.5 Å². The van der Waals surface area contributed by atoms with Crippen LogP contribution in [0.4, 0.5) is 0 Å². The molecule has 0 heterocycles. The summed E-state index contributed by atoms with van der Waals surface area (Å²) in [5, 5.41) is 1.23. The predicted octanol–water partition coefficient (Wildman–Crippen LogP) is 4.47. The minimum Gasteiger partial charge on any atom is -0.298 e. The highest BCUT2D eigenvalue weighted by Gasteiger charge is 2.01. The van der Waals surface area contributed by atoms with Crippen LogP contribution in [0.1, 0.15) is 10.4 Å². The van der Waals surface area contributed by atoms with Crippen molar-refractivity contribution in [3.8, 4) is 11.1 Å². The van der Waals surface area contributed by atoms with E-state index in [9.17, 15) is 4.79 Å². The van der Waals surface area contributed by atoms with Crippen LogP contribution in [0.15, 0.2) is 42.5 Å². The number of aldehydes is 1. The number of hydrogen-bond acceptors (Lipinski definition) is 1. The summed E-state index contributed by atoms with van der Waals surface area (Å²) in [7, 11) is 0. The van der Waals surface area contributed by atoms with Crippen molar-refractivity contribution in [1.82, 2.24) is 0 Å². The van der Waals surface area contributed by atoms with Crippen molar-refractivity contribution in [3.63, 3.8) is 0 Å². The lowest BCUT2D eigenvalue weighted by Crippen LogP contribution is -1.83. The first-order valence-electron chi connectivity index (χ1n) is 4.71. The maximum absolute atomic E-state index is 10.7. The van der Waals surface area contributed by atoms with E-state index >= 15 is 0 Å². The molecule has 0 radical (unpaired) electrons. The van der Waals surface area contributed by atoms with Gasteiger partial charge in [0, 0.05) is 15.6 Å². The van der Waals surface area contributed by atoms with Crippen molar-refractivity contribution in [2.45, 2.75) is 0 Å². The summed E-state index contributed by atoms with van der Waals surface area (Å²) in [4.78, 5) is 10.7. The first-order valence-corrected chi connectivity index (χ1v) is 5.46. The third kappa shape index (κ3) is 2.43. The summed E-state index contributed by atoms with van der Waals surface area (Å²) in [5.41, 5.74) is 2.46. The van der Waals surface area contributed by atoms with Crippen LogP contribution in [-0.2, 0) is 0 Å². The lowest BCUT2D eigenvalue weighted by atomic mass is 10.0. The van der Waals surface area contributed by atoms with Gasteiger partial charge in [0.05, 0.1) is 0 Å². The van der Waals surface area contributed by atoms with Crippen LogP contribution in [-0.4, -0.2) is 6.29 Å². The minimum atomic E-state index is 0.551. The summed E-state index contributed by atoms with van der Waals surface area (Å²) in [6.45, 7) is 0. The zero-order valence-corrected chi connectivity index (χ0v) is 9.79. The van der Waals surface area contributed by atoms with Gasteiger partial charge in [0.25, 0.3) is 0 Å². The lowest BCUT2D eigenvalue weighted by molar-refractivity contribution is 0.112. The Hall–Kier alpha value is -1.31. The highest BCUT2D eigenvalue weighted by molar-refractivity contribution is 6.31. The van der Waals surface area contributed by atoms with E-state index in [0.29, 0.717) is 15.6 Å². The molecule has 0 aliphatic heterocycles. The Morgan fingerprint density at radius 1 is 0.812 bits per heavy atom. The van der Waals surface area contributed by atoms with Crippen LogP contribution >= 0.6 is 23.2 Å². The second-order valence-electron chi connectivity index (χ2n) is 3.40. The van der Waals surface area contributed by atoms with Crippen molar-refractivity contribution < 1.29 is 4.79 Å². The number of rotatable bonds is 2. The fourth-order valence-corrected chi connectivity index (χ4v) is 1.86. The molecule has 0 aliphatic rings. The first-order chi connectivity index (χ1) is 7.69. The Bertz CT molecular complexity index is 518. The van der Waals surface area contributed by atoms with E-state index in [-0.39, 0.29) is 0 Å². The standard InChI is InChI=1S/C13H8Cl2O/c14-12-3-1-10(2-4-12)11-5-9(8-16)6-13(15)7-11/h1-8H. The minimum absolute atomic E-state index is 0.551. The molecular weight excluding hydrogens is 243 g/mol. The van der Waals surface area contributed by atoms with Gasteiger partial charge in [-0.25, -0.2) is 0 Å². The highest BCUT2D eigenvalue weighted by Crippen LogP contribution is 2.25. The van der Waals surface area contributed by atoms with Crippen LogP contribution in [0.2, 0.25) is 10.0 Å². The molecule has 0 N–H and O–H groups in total. The molecule has 0 amide bonds. The van der Waals surface area contributed by atoms with Crippen LogP contribution in [0.25, 0.3) is 11.1 Å². The molecule has 2 aromatic carbocycles. The van der Waals surface area contributed by atoms with Crippen molar-refractivity contribution >= 4 is 29.5 Å². The molecule has 0 aromatic heterocycles. The molecule has 3 heteroatoms. The van der Waals surface area contributed by atoms with Gasteiger partial charge in [-0.1, -0.05) is 35.3 Å². The van der Waals surface area contributed by atoms with Gasteiger partial charge in [0.15, 0.2) is 0 Å². The molecule has 0 aliphatic carbocycles. The maximum atomic E-state index is 10.7. The van der Waals surface area contributed by atoms with E-state index in [1.54, 1.807) is 24.3 Å². The Balaban J connectivity index is 2.51. The van der Waals surface area contributed by atoms with E-state index in [1.807, 2.05) is 18.2 Å². The van der Waals surface area contributed by atoms with Gasteiger partial charge in [0.1, 0.15) is 6.29 Å². The number of carbonyl (C=O) groups excluding carboxylic acids is 1.